The summed E-state index contributed by atoms with van der Waals surface area (Å²) in [6.07, 6.45) is -0.333. The SMILES string of the molecule is CC1OP(=O)(C2c3ccccc3Nc3ccccc32)OC1C. The predicted molar refractivity (Wildman–Crippen MR) is 86.7 cm³/mol. The first kappa shape index (κ1) is 14.0. The van der Waals surface area contributed by atoms with E-state index in [-0.39, 0.29) is 17.9 Å². The third-order valence-electron chi connectivity index (χ3n) is 4.38. The molecule has 0 saturated carbocycles. The molecule has 4 nitrogen and oxygen atoms in total. The van der Waals surface area contributed by atoms with Gasteiger partial charge in [0.15, 0.2) is 0 Å². The molecule has 0 aliphatic carbocycles. The Labute approximate surface area is 130 Å². The van der Waals surface area contributed by atoms with Gasteiger partial charge < -0.3 is 14.4 Å². The third-order valence-corrected chi connectivity index (χ3v) is 6.83. The highest BCUT2D eigenvalue weighted by atomic mass is 31.2. The Hall–Kier alpha value is -1.61. The molecular weight excluding hydrogens is 297 g/mol. The molecule has 22 heavy (non-hydrogen) atoms. The fraction of sp³-hybridized carbons (Fsp3) is 0.294. The molecule has 2 aliphatic heterocycles. The summed E-state index contributed by atoms with van der Waals surface area (Å²) in [4.78, 5) is 0. The summed E-state index contributed by atoms with van der Waals surface area (Å²) in [6.45, 7) is 3.81. The molecule has 2 atom stereocenters. The van der Waals surface area contributed by atoms with Crippen molar-refractivity contribution in [3.05, 3.63) is 59.7 Å². The van der Waals surface area contributed by atoms with Gasteiger partial charge in [-0.1, -0.05) is 36.4 Å². The van der Waals surface area contributed by atoms with Crippen LogP contribution in [0.15, 0.2) is 48.5 Å². The summed E-state index contributed by atoms with van der Waals surface area (Å²) in [6, 6.07) is 15.8. The summed E-state index contributed by atoms with van der Waals surface area (Å²) in [5.41, 5.74) is 3.46. The van der Waals surface area contributed by atoms with Gasteiger partial charge in [0.05, 0.1) is 12.2 Å². The van der Waals surface area contributed by atoms with Gasteiger partial charge in [-0.05, 0) is 37.1 Å². The largest absolute Gasteiger partial charge is 0.355 e. The molecule has 0 radical (unpaired) electrons. The molecule has 0 aromatic heterocycles. The lowest BCUT2D eigenvalue weighted by atomic mass is 9.97. The maximum Gasteiger partial charge on any atom is 0.343 e. The van der Waals surface area contributed by atoms with Crippen molar-refractivity contribution < 1.29 is 13.6 Å². The van der Waals surface area contributed by atoms with E-state index in [1.807, 2.05) is 62.4 Å². The summed E-state index contributed by atoms with van der Waals surface area (Å²) in [5, 5.41) is 3.40. The van der Waals surface area contributed by atoms with E-state index < -0.39 is 7.60 Å². The van der Waals surface area contributed by atoms with Gasteiger partial charge in [0.1, 0.15) is 5.66 Å². The van der Waals surface area contributed by atoms with Gasteiger partial charge in [-0.25, -0.2) is 0 Å². The van der Waals surface area contributed by atoms with Gasteiger partial charge in [0.25, 0.3) is 0 Å². The number of rotatable bonds is 1. The number of para-hydroxylation sites is 2. The van der Waals surface area contributed by atoms with E-state index in [1.54, 1.807) is 0 Å². The number of anilines is 2. The topological polar surface area (TPSA) is 47.6 Å². The quantitative estimate of drug-likeness (QED) is 0.764. The number of benzene rings is 2. The van der Waals surface area contributed by atoms with Crippen LogP contribution in [0.4, 0.5) is 11.4 Å². The molecule has 1 fully saturated rings. The molecule has 2 heterocycles. The zero-order valence-corrected chi connectivity index (χ0v) is 13.4. The lowest BCUT2D eigenvalue weighted by Crippen LogP contribution is -2.13. The van der Waals surface area contributed by atoms with Crippen LogP contribution in [0.5, 0.6) is 0 Å². The van der Waals surface area contributed by atoms with Crippen LogP contribution in [-0.2, 0) is 13.6 Å². The van der Waals surface area contributed by atoms with Crippen molar-refractivity contribution in [3.8, 4) is 0 Å². The first-order valence-corrected chi connectivity index (χ1v) is 9.11. The van der Waals surface area contributed by atoms with Crippen LogP contribution < -0.4 is 5.32 Å². The summed E-state index contributed by atoms with van der Waals surface area (Å²) < 4.78 is 25.1. The molecular formula is C17H18NO3P. The number of hydrogen-bond acceptors (Lipinski definition) is 4. The van der Waals surface area contributed by atoms with Crippen molar-refractivity contribution in [1.82, 2.24) is 0 Å². The smallest absolute Gasteiger partial charge is 0.343 e. The fourth-order valence-electron chi connectivity index (χ4n) is 3.13. The zero-order chi connectivity index (χ0) is 15.3. The monoisotopic (exact) mass is 315 g/mol. The average molecular weight is 315 g/mol. The van der Waals surface area contributed by atoms with Crippen LogP contribution in [0.25, 0.3) is 0 Å². The average Bonchev–Trinajstić information content (AvgIpc) is 2.78. The number of fused-ring (bicyclic) bond motifs is 2. The van der Waals surface area contributed by atoms with Gasteiger partial charge in [0, 0.05) is 11.4 Å². The normalized spacial score (nSPS) is 30.5. The van der Waals surface area contributed by atoms with Crippen molar-refractivity contribution in [3.63, 3.8) is 0 Å². The number of nitrogens with one attached hydrogen (secondary N) is 1. The molecule has 114 valence electrons. The van der Waals surface area contributed by atoms with Crippen LogP contribution in [-0.4, -0.2) is 12.2 Å². The van der Waals surface area contributed by atoms with E-state index in [0.29, 0.717) is 0 Å². The molecule has 0 spiro atoms. The molecule has 5 heteroatoms. The van der Waals surface area contributed by atoms with Gasteiger partial charge in [-0.15, -0.1) is 0 Å². The van der Waals surface area contributed by atoms with E-state index in [9.17, 15) is 4.57 Å². The molecule has 4 rings (SSSR count). The van der Waals surface area contributed by atoms with Crippen LogP contribution in [0.1, 0.15) is 30.6 Å². The predicted octanol–water partition coefficient (Wildman–Crippen LogP) is 4.85. The van der Waals surface area contributed by atoms with E-state index in [0.717, 1.165) is 22.5 Å². The Morgan fingerprint density at radius 2 is 1.32 bits per heavy atom. The highest BCUT2D eigenvalue weighted by molar-refractivity contribution is 7.54. The first-order valence-electron chi connectivity index (χ1n) is 7.50. The van der Waals surface area contributed by atoms with Gasteiger partial charge in [0.2, 0.25) is 0 Å². The van der Waals surface area contributed by atoms with Crippen LogP contribution in [0, 0.1) is 0 Å². The Balaban J connectivity index is 1.90. The minimum Gasteiger partial charge on any atom is -0.355 e. The Bertz CT molecular complexity index is 717. The molecule has 2 aromatic carbocycles. The minimum atomic E-state index is -3.26. The summed E-state index contributed by atoms with van der Waals surface area (Å²) >= 11 is 0. The zero-order valence-electron chi connectivity index (χ0n) is 12.5. The lowest BCUT2D eigenvalue weighted by molar-refractivity contribution is 0.187. The van der Waals surface area contributed by atoms with Crippen molar-refractivity contribution >= 4 is 19.0 Å². The molecule has 2 aliphatic rings. The molecule has 1 saturated heterocycles. The third kappa shape index (κ3) is 2.03. The molecule has 1 N–H and O–H groups in total. The Morgan fingerprint density at radius 3 is 1.82 bits per heavy atom. The summed E-state index contributed by atoms with van der Waals surface area (Å²) in [7, 11) is -3.26. The second kappa shape index (κ2) is 4.95. The Morgan fingerprint density at radius 1 is 0.864 bits per heavy atom. The Kier molecular flexibility index (Phi) is 3.15. The standard InChI is InChI=1S/C17H18NO3P/c1-11-12(2)21-22(19,20-11)17-13-7-3-5-9-15(13)18-16-10-6-4-8-14(16)17/h3-12,17-18H,1-2H3. The summed E-state index contributed by atoms with van der Waals surface area (Å²) in [5.74, 6) is 0. The van der Waals surface area contributed by atoms with E-state index >= 15 is 0 Å². The van der Waals surface area contributed by atoms with Crippen molar-refractivity contribution in [2.75, 3.05) is 5.32 Å². The number of hydrogen-bond donors (Lipinski definition) is 1. The second-order valence-corrected chi connectivity index (χ2v) is 7.88. The van der Waals surface area contributed by atoms with Crippen LogP contribution in [0.3, 0.4) is 0 Å². The van der Waals surface area contributed by atoms with Gasteiger partial charge in [-0.3, -0.25) is 4.57 Å². The van der Waals surface area contributed by atoms with E-state index in [4.69, 9.17) is 9.05 Å². The maximum absolute atomic E-state index is 13.4. The van der Waals surface area contributed by atoms with E-state index in [1.165, 1.54) is 0 Å². The molecule has 0 bridgehead atoms. The molecule has 2 unspecified atom stereocenters. The molecule has 0 amide bonds. The van der Waals surface area contributed by atoms with Crippen molar-refractivity contribution in [2.24, 2.45) is 0 Å². The maximum atomic E-state index is 13.4. The highest BCUT2D eigenvalue weighted by Gasteiger charge is 2.49. The second-order valence-electron chi connectivity index (χ2n) is 5.86. The first-order chi connectivity index (χ1) is 10.6. The molecule has 2 aromatic rings. The van der Waals surface area contributed by atoms with Gasteiger partial charge in [-0.2, -0.15) is 0 Å². The van der Waals surface area contributed by atoms with Crippen LogP contribution in [0.2, 0.25) is 0 Å². The highest BCUT2D eigenvalue weighted by Crippen LogP contribution is 2.70. The van der Waals surface area contributed by atoms with Gasteiger partial charge >= 0.3 is 7.60 Å². The fourth-order valence-corrected chi connectivity index (χ4v) is 5.83. The minimum absolute atomic E-state index is 0.167. The van der Waals surface area contributed by atoms with E-state index in [2.05, 4.69) is 5.32 Å². The van der Waals surface area contributed by atoms with Crippen molar-refractivity contribution in [1.29, 1.82) is 0 Å². The van der Waals surface area contributed by atoms with Crippen LogP contribution >= 0.6 is 7.60 Å². The van der Waals surface area contributed by atoms with Crippen molar-refractivity contribution in [2.45, 2.75) is 31.7 Å². The lowest BCUT2D eigenvalue weighted by Gasteiger charge is -2.31.